The first-order valence-electron chi connectivity index (χ1n) is 4.85. The van der Waals surface area contributed by atoms with Gasteiger partial charge in [0, 0.05) is 11.6 Å². The van der Waals surface area contributed by atoms with Gasteiger partial charge in [-0.3, -0.25) is 0 Å². The minimum absolute atomic E-state index is 0.205. The lowest BCUT2D eigenvalue weighted by Gasteiger charge is -2.20. The Morgan fingerprint density at radius 1 is 1.53 bits per heavy atom. The quantitative estimate of drug-likeness (QED) is 0.780. The maximum absolute atomic E-state index is 11.4. The van der Waals surface area contributed by atoms with E-state index in [1.165, 1.54) is 0 Å². The second-order valence-corrected chi connectivity index (χ2v) is 4.49. The van der Waals surface area contributed by atoms with Crippen LogP contribution in [0.15, 0.2) is 10.6 Å². The largest absolute Gasteiger partial charge is 0.361 e. The van der Waals surface area contributed by atoms with Gasteiger partial charge < -0.3 is 15.2 Å². The molecule has 5 heteroatoms. The van der Waals surface area contributed by atoms with Crippen LogP contribution >= 0.6 is 0 Å². The number of aryl methyl sites for hydroxylation is 1. The molecule has 2 amide bonds. The average molecular weight is 211 g/mol. The average Bonchev–Trinajstić information content (AvgIpc) is 2.45. The SMILES string of the molecule is Cc1cc(CNC(=O)NC(C)(C)C)no1. The van der Waals surface area contributed by atoms with Crippen molar-refractivity contribution >= 4 is 6.03 Å². The summed E-state index contributed by atoms with van der Waals surface area (Å²) in [5.41, 5.74) is 0.487. The van der Waals surface area contributed by atoms with Crippen molar-refractivity contribution < 1.29 is 9.32 Å². The lowest BCUT2D eigenvalue weighted by Crippen LogP contribution is -2.46. The highest BCUT2D eigenvalue weighted by Crippen LogP contribution is 2.01. The summed E-state index contributed by atoms with van der Waals surface area (Å²) in [6.07, 6.45) is 0. The highest BCUT2D eigenvalue weighted by atomic mass is 16.5. The molecule has 0 fully saturated rings. The third kappa shape index (κ3) is 4.49. The Morgan fingerprint density at radius 3 is 2.67 bits per heavy atom. The van der Waals surface area contributed by atoms with Crippen molar-refractivity contribution in [3.63, 3.8) is 0 Å². The summed E-state index contributed by atoms with van der Waals surface area (Å²) in [7, 11) is 0. The molecule has 15 heavy (non-hydrogen) atoms. The number of nitrogens with zero attached hydrogens (tertiary/aromatic N) is 1. The third-order valence-electron chi connectivity index (χ3n) is 1.60. The van der Waals surface area contributed by atoms with E-state index in [1.54, 1.807) is 6.07 Å². The molecule has 0 bridgehead atoms. The highest BCUT2D eigenvalue weighted by Gasteiger charge is 2.13. The van der Waals surface area contributed by atoms with Crippen LogP contribution in [0.3, 0.4) is 0 Å². The number of rotatable bonds is 2. The Hall–Kier alpha value is -1.52. The van der Waals surface area contributed by atoms with E-state index >= 15 is 0 Å². The number of hydrogen-bond acceptors (Lipinski definition) is 3. The lowest BCUT2D eigenvalue weighted by atomic mass is 10.1. The topological polar surface area (TPSA) is 67.2 Å². The predicted molar refractivity (Wildman–Crippen MR) is 56.4 cm³/mol. The Bertz CT molecular complexity index is 339. The molecule has 0 aliphatic heterocycles. The van der Waals surface area contributed by atoms with E-state index in [9.17, 15) is 4.79 Å². The molecule has 0 aliphatic carbocycles. The minimum Gasteiger partial charge on any atom is -0.361 e. The van der Waals surface area contributed by atoms with Gasteiger partial charge in [0.2, 0.25) is 0 Å². The first kappa shape index (κ1) is 11.6. The van der Waals surface area contributed by atoms with Crippen LogP contribution in [-0.4, -0.2) is 16.7 Å². The van der Waals surface area contributed by atoms with Crippen molar-refractivity contribution in [2.45, 2.75) is 39.8 Å². The summed E-state index contributed by atoms with van der Waals surface area (Å²) in [4.78, 5) is 11.4. The molecular formula is C10H17N3O2. The zero-order valence-electron chi connectivity index (χ0n) is 9.55. The van der Waals surface area contributed by atoms with Gasteiger partial charge in [-0.25, -0.2) is 4.79 Å². The van der Waals surface area contributed by atoms with Gasteiger partial charge in [0.25, 0.3) is 0 Å². The van der Waals surface area contributed by atoms with E-state index in [2.05, 4.69) is 15.8 Å². The molecule has 1 heterocycles. The Balaban J connectivity index is 2.35. The third-order valence-corrected chi connectivity index (χ3v) is 1.60. The van der Waals surface area contributed by atoms with Crippen LogP contribution in [0.25, 0.3) is 0 Å². The minimum atomic E-state index is -0.232. The van der Waals surface area contributed by atoms with Gasteiger partial charge in [-0.05, 0) is 27.7 Å². The van der Waals surface area contributed by atoms with E-state index in [0.29, 0.717) is 6.54 Å². The number of urea groups is 1. The number of aromatic nitrogens is 1. The number of nitrogens with one attached hydrogen (secondary N) is 2. The number of carbonyl (C=O) groups is 1. The van der Waals surface area contributed by atoms with E-state index < -0.39 is 0 Å². The number of amides is 2. The van der Waals surface area contributed by atoms with Crippen LogP contribution in [0.4, 0.5) is 4.79 Å². The maximum atomic E-state index is 11.4. The van der Waals surface area contributed by atoms with Crippen molar-refractivity contribution in [1.82, 2.24) is 15.8 Å². The smallest absolute Gasteiger partial charge is 0.315 e. The van der Waals surface area contributed by atoms with Gasteiger partial charge in [-0.15, -0.1) is 0 Å². The fourth-order valence-corrected chi connectivity index (χ4v) is 1.06. The predicted octanol–water partition coefficient (Wildman–Crippen LogP) is 1.58. The molecular weight excluding hydrogens is 194 g/mol. The van der Waals surface area contributed by atoms with Crippen LogP contribution in [-0.2, 0) is 6.54 Å². The van der Waals surface area contributed by atoms with Gasteiger partial charge in [-0.2, -0.15) is 0 Å². The molecule has 0 spiro atoms. The summed E-state index contributed by atoms with van der Waals surface area (Å²) in [5.74, 6) is 0.739. The molecule has 84 valence electrons. The Morgan fingerprint density at radius 2 is 2.20 bits per heavy atom. The zero-order chi connectivity index (χ0) is 11.5. The summed E-state index contributed by atoms with van der Waals surface area (Å²) >= 11 is 0. The second kappa shape index (κ2) is 4.33. The molecule has 2 N–H and O–H groups in total. The van der Waals surface area contributed by atoms with Crippen LogP contribution in [0.1, 0.15) is 32.2 Å². The molecule has 0 unspecified atom stereocenters. The Kier molecular flexibility index (Phi) is 3.34. The van der Waals surface area contributed by atoms with E-state index in [0.717, 1.165) is 11.5 Å². The first-order valence-corrected chi connectivity index (χ1v) is 4.85. The normalized spacial score (nSPS) is 11.2. The Labute approximate surface area is 89.2 Å². The van der Waals surface area contributed by atoms with Gasteiger partial charge >= 0.3 is 6.03 Å². The van der Waals surface area contributed by atoms with E-state index in [4.69, 9.17) is 4.52 Å². The summed E-state index contributed by atoms with van der Waals surface area (Å²) in [5, 5.41) is 9.25. The van der Waals surface area contributed by atoms with E-state index in [-0.39, 0.29) is 11.6 Å². The standard InChI is InChI=1S/C10H17N3O2/c1-7-5-8(13-15-7)6-11-9(14)12-10(2,3)4/h5H,6H2,1-4H3,(H2,11,12,14). The van der Waals surface area contributed by atoms with Crippen LogP contribution in [0, 0.1) is 6.92 Å². The first-order chi connectivity index (χ1) is 6.87. The van der Waals surface area contributed by atoms with Crippen molar-refractivity contribution in [3.8, 4) is 0 Å². The summed E-state index contributed by atoms with van der Waals surface area (Å²) in [6.45, 7) is 7.96. The molecule has 1 rings (SSSR count). The summed E-state index contributed by atoms with van der Waals surface area (Å²) < 4.78 is 4.88. The molecule has 5 nitrogen and oxygen atoms in total. The fraction of sp³-hybridized carbons (Fsp3) is 0.600. The molecule has 0 aromatic carbocycles. The fourth-order valence-electron chi connectivity index (χ4n) is 1.06. The summed E-state index contributed by atoms with van der Waals surface area (Å²) in [6, 6.07) is 1.58. The molecule has 0 radical (unpaired) electrons. The van der Waals surface area contributed by atoms with Crippen molar-refractivity contribution in [2.75, 3.05) is 0 Å². The van der Waals surface area contributed by atoms with E-state index in [1.807, 2.05) is 27.7 Å². The molecule has 0 saturated carbocycles. The van der Waals surface area contributed by atoms with Gasteiger partial charge in [0.05, 0.1) is 6.54 Å². The van der Waals surface area contributed by atoms with Crippen molar-refractivity contribution in [1.29, 1.82) is 0 Å². The van der Waals surface area contributed by atoms with Gasteiger partial charge in [0.15, 0.2) is 0 Å². The maximum Gasteiger partial charge on any atom is 0.315 e. The van der Waals surface area contributed by atoms with Crippen molar-refractivity contribution in [3.05, 3.63) is 17.5 Å². The molecule has 1 aromatic rings. The lowest BCUT2D eigenvalue weighted by molar-refractivity contribution is 0.231. The number of carbonyl (C=O) groups excluding carboxylic acids is 1. The monoisotopic (exact) mass is 211 g/mol. The molecule has 1 aromatic heterocycles. The second-order valence-electron chi connectivity index (χ2n) is 4.49. The van der Waals surface area contributed by atoms with Gasteiger partial charge in [-0.1, -0.05) is 5.16 Å². The van der Waals surface area contributed by atoms with Crippen LogP contribution in [0.5, 0.6) is 0 Å². The number of hydrogen-bond donors (Lipinski definition) is 2. The molecule has 0 saturated heterocycles. The van der Waals surface area contributed by atoms with Crippen molar-refractivity contribution in [2.24, 2.45) is 0 Å². The zero-order valence-corrected chi connectivity index (χ0v) is 9.55. The molecule has 0 atom stereocenters. The highest BCUT2D eigenvalue weighted by molar-refractivity contribution is 5.74. The molecule has 0 aliphatic rings. The van der Waals surface area contributed by atoms with Crippen LogP contribution in [0.2, 0.25) is 0 Å². The van der Waals surface area contributed by atoms with Crippen LogP contribution < -0.4 is 10.6 Å². The van der Waals surface area contributed by atoms with Gasteiger partial charge in [0.1, 0.15) is 11.5 Å².